The van der Waals surface area contributed by atoms with E-state index in [-0.39, 0.29) is 36.6 Å². The number of phenols is 1. The van der Waals surface area contributed by atoms with E-state index in [1.165, 1.54) is 35.4 Å². The molecule has 1 aromatic carbocycles. The van der Waals surface area contributed by atoms with Crippen LogP contribution in [0.25, 0.3) is 0 Å². The molecular formula is C18H17N3O5. The van der Waals surface area contributed by atoms with Crippen molar-refractivity contribution in [2.75, 3.05) is 26.8 Å². The van der Waals surface area contributed by atoms with Gasteiger partial charge in [-0.15, -0.1) is 0 Å². The lowest BCUT2D eigenvalue weighted by Gasteiger charge is -2.13. The maximum Gasteiger partial charge on any atom is 0.342 e. The van der Waals surface area contributed by atoms with Gasteiger partial charge in [0.25, 0.3) is 0 Å². The third-order valence-electron chi connectivity index (χ3n) is 2.93. The topological polar surface area (TPSA) is 124 Å². The summed E-state index contributed by atoms with van der Waals surface area (Å²) in [5.74, 6) is -1.44. The molecule has 0 spiro atoms. The fourth-order valence-electron chi connectivity index (χ4n) is 1.70. The van der Waals surface area contributed by atoms with Gasteiger partial charge in [0.2, 0.25) is 0 Å². The van der Waals surface area contributed by atoms with Crippen LogP contribution in [0.1, 0.15) is 10.4 Å². The minimum absolute atomic E-state index is 0.0332. The van der Waals surface area contributed by atoms with Gasteiger partial charge < -0.3 is 19.5 Å². The standard InChI is InChI=1S/C18H17N3O5/c1-21(8-4-5-14(11-19)12-20)13-17(23)25-9-10-26-18(24)15-6-2-3-7-16(15)22/h2-8,22H,9-10,13H2,1H3. The summed E-state index contributed by atoms with van der Waals surface area (Å²) < 4.78 is 9.83. The van der Waals surface area contributed by atoms with E-state index >= 15 is 0 Å². The zero-order valence-corrected chi connectivity index (χ0v) is 14.1. The normalized spacial score (nSPS) is 9.65. The van der Waals surface area contributed by atoms with Gasteiger partial charge in [-0.3, -0.25) is 4.79 Å². The van der Waals surface area contributed by atoms with Crippen molar-refractivity contribution < 1.29 is 24.2 Å². The van der Waals surface area contributed by atoms with Crippen LogP contribution in [0.4, 0.5) is 0 Å². The molecule has 0 aromatic heterocycles. The third-order valence-corrected chi connectivity index (χ3v) is 2.93. The van der Waals surface area contributed by atoms with Gasteiger partial charge in [0.15, 0.2) is 0 Å². The number of phenolic OH excluding ortho intramolecular Hbond substituents is 1. The van der Waals surface area contributed by atoms with Crippen molar-refractivity contribution >= 4 is 11.9 Å². The first-order chi connectivity index (χ1) is 12.5. The lowest BCUT2D eigenvalue weighted by molar-refractivity contribution is -0.145. The number of hydrogen-bond acceptors (Lipinski definition) is 8. The van der Waals surface area contributed by atoms with Crippen LogP contribution in [0.15, 0.2) is 48.2 Å². The van der Waals surface area contributed by atoms with Gasteiger partial charge in [-0.05, 0) is 30.5 Å². The van der Waals surface area contributed by atoms with Crippen molar-refractivity contribution in [3.8, 4) is 17.9 Å². The fourth-order valence-corrected chi connectivity index (χ4v) is 1.70. The number of nitriles is 2. The second kappa shape index (κ2) is 10.9. The summed E-state index contributed by atoms with van der Waals surface area (Å²) >= 11 is 0. The van der Waals surface area contributed by atoms with Gasteiger partial charge in [0.1, 0.15) is 48.8 Å². The van der Waals surface area contributed by atoms with Gasteiger partial charge in [0, 0.05) is 7.05 Å². The summed E-state index contributed by atoms with van der Waals surface area (Å²) in [4.78, 5) is 24.9. The van der Waals surface area contributed by atoms with Crippen molar-refractivity contribution in [1.29, 1.82) is 10.5 Å². The molecule has 0 unspecified atom stereocenters. The molecule has 1 N–H and O–H groups in total. The van der Waals surface area contributed by atoms with Crippen LogP contribution in [-0.4, -0.2) is 48.8 Å². The molecule has 134 valence electrons. The predicted molar refractivity (Wildman–Crippen MR) is 90.4 cm³/mol. The predicted octanol–water partition coefficient (Wildman–Crippen LogP) is 1.51. The average Bonchev–Trinajstić information content (AvgIpc) is 2.62. The largest absolute Gasteiger partial charge is 0.507 e. The van der Waals surface area contributed by atoms with Gasteiger partial charge in [-0.2, -0.15) is 10.5 Å². The quantitative estimate of drug-likeness (QED) is 0.322. The maximum atomic E-state index is 11.7. The molecule has 0 bridgehead atoms. The molecule has 0 heterocycles. The Kier molecular flexibility index (Phi) is 8.49. The highest BCUT2D eigenvalue weighted by Gasteiger charge is 2.12. The zero-order valence-electron chi connectivity index (χ0n) is 14.1. The Morgan fingerprint density at radius 2 is 1.85 bits per heavy atom. The molecule has 0 amide bonds. The number of ether oxygens (including phenoxy) is 2. The molecule has 0 aliphatic rings. The minimum Gasteiger partial charge on any atom is -0.507 e. The number of carbonyl (C=O) groups is 2. The Labute approximate surface area is 150 Å². The number of likely N-dealkylation sites (N-methyl/N-ethyl adjacent to an activating group) is 1. The number of carbonyl (C=O) groups excluding carboxylic acids is 2. The van der Waals surface area contributed by atoms with Crippen LogP contribution < -0.4 is 0 Å². The van der Waals surface area contributed by atoms with Crippen molar-refractivity contribution in [1.82, 2.24) is 4.90 Å². The Morgan fingerprint density at radius 3 is 2.50 bits per heavy atom. The monoisotopic (exact) mass is 355 g/mol. The highest BCUT2D eigenvalue weighted by molar-refractivity contribution is 5.92. The molecule has 0 aliphatic carbocycles. The van der Waals surface area contributed by atoms with E-state index in [9.17, 15) is 14.7 Å². The lowest BCUT2D eigenvalue weighted by atomic mass is 10.2. The Hall–Kier alpha value is -3.78. The molecule has 0 saturated carbocycles. The molecule has 0 atom stereocenters. The SMILES string of the molecule is CN(C=CC=C(C#N)C#N)CC(=O)OCCOC(=O)c1ccccc1O. The smallest absolute Gasteiger partial charge is 0.342 e. The molecule has 0 aliphatic heterocycles. The average molecular weight is 355 g/mol. The summed E-state index contributed by atoms with van der Waals surface area (Å²) in [6, 6.07) is 9.37. The first-order valence-electron chi connectivity index (χ1n) is 7.47. The lowest BCUT2D eigenvalue weighted by Crippen LogP contribution is -2.24. The molecule has 26 heavy (non-hydrogen) atoms. The Bertz CT molecular complexity index is 771. The maximum absolute atomic E-state index is 11.7. The van der Waals surface area contributed by atoms with E-state index < -0.39 is 11.9 Å². The molecule has 1 rings (SSSR count). The van der Waals surface area contributed by atoms with Crippen LogP contribution in [0.5, 0.6) is 5.75 Å². The first kappa shape index (κ1) is 20.3. The molecule has 1 aromatic rings. The number of allylic oxidation sites excluding steroid dienone is 3. The van der Waals surface area contributed by atoms with E-state index in [0.29, 0.717) is 0 Å². The van der Waals surface area contributed by atoms with Crippen molar-refractivity contribution in [2.24, 2.45) is 0 Å². The van der Waals surface area contributed by atoms with E-state index in [2.05, 4.69) is 0 Å². The van der Waals surface area contributed by atoms with Gasteiger partial charge in [-0.1, -0.05) is 12.1 Å². The summed E-state index contributed by atoms with van der Waals surface area (Å²) in [5, 5.41) is 26.7. The number of benzene rings is 1. The third kappa shape index (κ3) is 7.20. The van der Waals surface area contributed by atoms with Gasteiger partial charge in [-0.25, -0.2) is 4.79 Å². The number of hydrogen-bond donors (Lipinski definition) is 1. The van der Waals surface area contributed by atoms with E-state index in [4.69, 9.17) is 20.0 Å². The zero-order chi connectivity index (χ0) is 19.4. The van der Waals surface area contributed by atoms with Crippen LogP contribution >= 0.6 is 0 Å². The minimum atomic E-state index is -0.711. The Balaban J connectivity index is 2.30. The second-order valence-corrected chi connectivity index (χ2v) is 4.93. The van der Waals surface area contributed by atoms with E-state index in [1.807, 2.05) is 0 Å². The summed E-state index contributed by atoms with van der Waals surface area (Å²) in [5.41, 5.74) is -0.0191. The molecule has 8 nitrogen and oxygen atoms in total. The highest BCUT2D eigenvalue weighted by Crippen LogP contribution is 2.16. The fraction of sp³-hybridized carbons (Fsp3) is 0.222. The second-order valence-electron chi connectivity index (χ2n) is 4.93. The molecule has 0 saturated heterocycles. The number of esters is 2. The van der Waals surface area contributed by atoms with Crippen LogP contribution in [0, 0.1) is 22.7 Å². The molecule has 8 heteroatoms. The van der Waals surface area contributed by atoms with Crippen LogP contribution in [0.3, 0.4) is 0 Å². The highest BCUT2D eigenvalue weighted by atomic mass is 16.6. The summed E-state index contributed by atoms with van der Waals surface area (Å²) in [6.45, 7) is -0.330. The van der Waals surface area contributed by atoms with Crippen molar-refractivity contribution in [3.63, 3.8) is 0 Å². The van der Waals surface area contributed by atoms with Crippen molar-refractivity contribution in [2.45, 2.75) is 0 Å². The number of nitrogens with zero attached hydrogens (tertiary/aromatic N) is 3. The number of para-hydroxylation sites is 1. The number of aromatic hydroxyl groups is 1. The van der Waals surface area contributed by atoms with Gasteiger partial charge in [0.05, 0.1) is 0 Å². The van der Waals surface area contributed by atoms with E-state index in [0.717, 1.165) is 0 Å². The van der Waals surface area contributed by atoms with E-state index in [1.54, 1.807) is 31.3 Å². The van der Waals surface area contributed by atoms with Gasteiger partial charge >= 0.3 is 11.9 Å². The van der Waals surface area contributed by atoms with Crippen molar-refractivity contribution in [3.05, 3.63) is 53.8 Å². The Morgan fingerprint density at radius 1 is 1.19 bits per heavy atom. The first-order valence-corrected chi connectivity index (χ1v) is 7.47. The number of rotatable bonds is 8. The van der Waals surface area contributed by atoms with Crippen LogP contribution in [0.2, 0.25) is 0 Å². The van der Waals surface area contributed by atoms with Crippen LogP contribution in [-0.2, 0) is 14.3 Å². The molecule has 0 fully saturated rings. The summed E-state index contributed by atoms with van der Waals surface area (Å²) in [7, 11) is 1.61. The molecular weight excluding hydrogens is 338 g/mol. The summed E-state index contributed by atoms with van der Waals surface area (Å²) in [6.07, 6.45) is 4.29. The molecule has 0 radical (unpaired) electrons.